The Bertz CT molecular complexity index is 546. The van der Waals surface area contributed by atoms with Gasteiger partial charge < -0.3 is 4.90 Å². The maximum absolute atomic E-state index is 12.4. The van der Waals surface area contributed by atoms with Crippen LogP contribution in [0.1, 0.15) is 52.3 Å². The Morgan fingerprint density at radius 1 is 1.37 bits per heavy atom. The highest BCUT2D eigenvalue weighted by atomic mass is 32.1. The second-order valence-corrected chi connectivity index (χ2v) is 6.87. The van der Waals surface area contributed by atoms with Crippen molar-refractivity contribution in [2.75, 3.05) is 7.05 Å². The summed E-state index contributed by atoms with van der Waals surface area (Å²) >= 11 is 3.17. The van der Waals surface area contributed by atoms with Crippen molar-refractivity contribution in [3.8, 4) is 0 Å². The van der Waals surface area contributed by atoms with E-state index in [1.54, 1.807) is 22.4 Å². The number of carbonyl (C=O) groups is 1. The molecular formula is C14H18N2OS2. The molecule has 0 N–H and O–H groups in total. The van der Waals surface area contributed by atoms with E-state index in [0.29, 0.717) is 5.92 Å². The lowest BCUT2D eigenvalue weighted by Gasteiger charge is -2.23. The van der Waals surface area contributed by atoms with Crippen molar-refractivity contribution >= 4 is 28.6 Å². The summed E-state index contributed by atoms with van der Waals surface area (Å²) in [7, 11) is 1.85. The highest BCUT2D eigenvalue weighted by Gasteiger charge is 2.21. The van der Waals surface area contributed by atoms with Crippen LogP contribution < -0.4 is 0 Å². The molecule has 0 aliphatic heterocycles. The number of hydrogen-bond donors (Lipinski definition) is 0. The van der Waals surface area contributed by atoms with Gasteiger partial charge in [-0.1, -0.05) is 19.9 Å². The maximum atomic E-state index is 12.4. The van der Waals surface area contributed by atoms with E-state index in [0.717, 1.165) is 9.88 Å². The maximum Gasteiger partial charge on any atom is 0.265 e. The Balaban J connectivity index is 2.14. The molecule has 5 heteroatoms. The molecule has 1 amide bonds. The fraction of sp³-hybridized carbons (Fsp3) is 0.429. The van der Waals surface area contributed by atoms with Crippen LogP contribution in [0.5, 0.6) is 0 Å². The van der Waals surface area contributed by atoms with Gasteiger partial charge in [0, 0.05) is 17.8 Å². The molecule has 2 heterocycles. The summed E-state index contributed by atoms with van der Waals surface area (Å²) in [6, 6.07) is 4.17. The lowest BCUT2D eigenvalue weighted by molar-refractivity contribution is 0.0749. The first kappa shape index (κ1) is 14.2. The van der Waals surface area contributed by atoms with Gasteiger partial charge in [0.05, 0.1) is 17.2 Å². The average Bonchev–Trinajstić information content (AvgIpc) is 3.06. The van der Waals surface area contributed by atoms with Crippen molar-refractivity contribution in [3.63, 3.8) is 0 Å². The van der Waals surface area contributed by atoms with Gasteiger partial charge in [0.2, 0.25) is 0 Å². The number of rotatable bonds is 4. The summed E-state index contributed by atoms with van der Waals surface area (Å²) in [5, 5.41) is 3.05. The fourth-order valence-electron chi connectivity index (χ4n) is 1.72. The summed E-state index contributed by atoms with van der Waals surface area (Å²) < 4.78 is 0. The Kier molecular flexibility index (Phi) is 4.37. The van der Waals surface area contributed by atoms with Gasteiger partial charge in [-0.2, -0.15) is 0 Å². The Morgan fingerprint density at radius 2 is 2.11 bits per heavy atom. The highest BCUT2D eigenvalue weighted by molar-refractivity contribution is 7.13. The summed E-state index contributed by atoms with van der Waals surface area (Å²) in [4.78, 5) is 20.4. The SMILES string of the molecule is CC(C)c1ncc(C(=O)N(C)C(C)c2cccs2)s1. The van der Waals surface area contributed by atoms with Gasteiger partial charge in [0.25, 0.3) is 5.91 Å². The number of nitrogens with zero attached hydrogens (tertiary/aromatic N) is 2. The summed E-state index contributed by atoms with van der Waals surface area (Å²) in [5.41, 5.74) is 0. The van der Waals surface area contributed by atoms with Gasteiger partial charge in [-0.05, 0) is 18.4 Å². The topological polar surface area (TPSA) is 33.2 Å². The van der Waals surface area contributed by atoms with E-state index >= 15 is 0 Å². The molecule has 0 spiro atoms. The van der Waals surface area contributed by atoms with E-state index in [-0.39, 0.29) is 11.9 Å². The molecule has 1 unspecified atom stereocenters. The fourth-order valence-corrected chi connectivity index (χ4v) is 3.45. The van der Waals surface area contributed by atoms with E-state index in [1.165, 1.54) is 16.2 Å². The molecule has 0 fully saturated rings. The number of carbonyl (C=O) groups excluding carboxylic acids is 1. The molecule has 0 saturated carbocycles. The Morgan fingerprint density at radius 3 is 2.63 bits per heavy atom. The van der Waals surface area contributed by atoms with Crippen molar-refractivity contribution < 1.29 is 4.79 Å². The average molecular weight is 294 g/mol. The van der Waals surface area contributed by atoms with Gasteiger partial charge >= 0.3 is 0 Å². The van der Waals surface area contributed by atoms with Gasteiger partial charge in [0.15, 0.2) is 0 Å². The van der Waals surface area contributed by atoms with E-state index < -0.39 is 0 Å². The zero-order chi connectivity index (χ0) is 14.0. The monoisotopic (exact) mass is 294 g/mol. The lowest BCUT2D eigenvalue weighted by atomic mass is 10.2. The predicted octanol–water partition coefficient (Wildman–Crippen LogP) is 4.16. The van der Waals surface area contributed by atoms with Crippen LogP contribution >= 0.6 is 22.7 Å². The second kappa shape index (κ2) is 5.84. The van der Waals surface area contributed by atoms with Crippen LogP contribution in [0.15, 0.2) is 23.7 Å². The first-order valence-electron chi connectivity index (χ1n) is 6.27. The predicted molar refractivity (Wildman–Crippen MR) is 81.0 cm³/mol. The van der Waals surface area contributed by atoms with Gasteiger partial charge in [-0.15, -0.1) is 22.7 Å². The van der Waals surface area contributed by atoms with Crippen molar-refractivity contribution in [1.82, 2.24) is 9.88 Å². The molecule has 0 bridgehead atoms. The molecule has 0 radical (unpaired) electrons. The van der Waals surface area contributed by atoms with Crippen LogP contribution in [0.4, 0.5) is 0 Å². The smallest absolute Gasteiger partial charge is 0.265 e. The Labute approximate surface area is 121 Å². The third-order valence-electron chi connectivity index (χ3n) is 3.08. The van der Waals surface area contributed by atoms with Crippen molar-refractivity contribution in [1.29, 1.82) is 0 Å². The molecule has 2 rings (SSSR count). The van der Waals surface area contributed by atoms with Crippen LogP contribution in [0, 0.1) is 0 Å². The third-order valence-corrected chi connectivity index (χ3v) is 5.41. The third kappa shape index (κ3) is 3.04. The standard InChI is InChI=1S/C14H18N2OS2/c1-9(2)13-15-8-12(19-13)14(17)16(4)10(3)11-6-5-7-18-11/h5-10H,1-4H3. The quantitative estimate of drug-likeness (QED) is 0.848. The molecule has 0 aliphatic rings. The number of hydrogen-bond acceptors (Lipinski definition) is 4. The molecule has 1 atom stereocenters. The summed E-state index contributed by atoms with van der Waals surface area (Å²) in [6.07, 6.45) is 1.69. The van der Waals surface area contributed by atoms with Crippen LogP contribution in [0.2, 0.25) is 0 Å². The number of thiophene rings is 1. The largest absolute Gasteiger partial charge is 0.333 e. The first-order chi connectivity index (χ1) is 9.00. The molecule has 2 aromatic heterocycles. The Hall–Kier alpha value is -1.20. The lowest BCUT2D eigenvalue weighted by Crippen LogP contribution is -2.28. The normalized spacial score (nSPS) is 12.7. The van der Waals surface area contributed by atoms with Crippen LogP contribution in [-0.2, 0) is 0 Å². The molecule has 19 heavy (non-hydrogen) atoms. The minimum absolute atomic E-state index is 0.0466. The second-order valence-electron chi connectivity index (χ2n) is 4.82. The van der Waals surface area contributed by atoms with E-state index in [9.17, 15) is 4.79 Å². The molecule has 102 valence electrons. The van der Waals surface area contributed by atoms with Gasteiger partial charge in [0.1, 0.15) is 4.88 Å². The zero-order valence-corrected chi connectivity index (χ0v) is 13.2. The molecular weight excluding hydrogens is 276 g/mol. The molecule has 0 saturated heterocycles. The van der Waals surface area contributed by atoms with Gasteiger partial charge in [-0.25, -0.2) is 4.98 Å². The minimum Gasteiger partial charge on any atom is -0.333 e. The number of thiazole rings is 1. The van der Waals surface area contributed by atoms with Crippen LogP contribution in [0.3, 0.4) is 0 Å². The first-order valence-corrected chi connectivity index (χ1v) is 7.96. The van der Waals surface area contributed by atoms with Crippen molar-refractivity contribution in [2.45, 2.75) is 32.7 Å². The molecule has 2 aromatic rings. The van der Waals surface area contributed by atoms with E-state index in [1.807, 2.05) is 25.4 Å². The van der Waals surface area contributed by atoms with Crippen molar-refractivity contribution in [3.05, 3.63) is 38.5 Å². The van der Waals surface area contributed by atoms with E-state index in [2.05, 4.69) is 24.9 Å². The van der Waals surface area contributed by atoms with Crippen LogP contribution in [0.25, 0.3) is 0 Å². The highest BCUT2D eigenvalue weighted by Crippen LogP contribution is 2.27. The summed E-state index contributed by atoms with van der Waals surface area (Å²) in [5.74, 6) is 0.414. The van der Waals surface area contributed by atoms with Crippen molar-refractivity contribution in [2.24, 2.45) is 0 Å². The number of aromatic nitrogens is 1. The zero-order valence-electron chi connectivity index (χ0n) is 11.6. The van der Waals surface area contributed by atoms with Gasteiger partial charge in [-0.3, -0.25) is 4.79 Å². The number of amides is 1. The summed E-state index contributed by atoms with van der Waals surface area (Å²) in [6.45, 7) is 6.23. The minimum atomic E-state index is 0.0466. The molecule has 0 aromatic carbocycles. The molecule has 0 aliphatic carbocycles. The van der Waals surface area contributed by atoms with Crippen LogP contribution in [-0.4, -0.2) is 22.8 Å². The molecule has 3 nitrogen and oxygen atoms in total. The van der Waals surface area contributed by atoms with E-state index in [4.69, 9.17) is 0 Å².